The Hall–Kier alpha value is -0.530. The van der Waals surface area contributed by atoms with Crippen LogP contribution in [0.3, 0.4) is 0 Å². The first kappa shape index (κ1) is 21.5. The van der Waals surface area contributed by atoms with Gasteiger partial charge in [0.2, 0.25) is 5.91 Å². The second kappa shape index (κ2) is 14.8. The van der Waals surface area contributed by atoms with Gasteiger partial charge in [0.25, 0.3) is 0 Å². The molecule has 142 valence electrons. The minimum Gasteiger partial charge on any atom is -0.343 e. The molecule has 0 radical (unpaired) electrons. The van der Waals surface area contributed by atoms with Crippen molar-refractivity contribution < 1.29 is 4.79 Å². The number of hydrogen-bond donors (Lipinski definition) is 0. The van der Waals surface area contributed by atoms with Gasteiger partial charge in [0.15, 0.2) is 0 Å². The largest absolute Gasteiger partial charge is 0.343 e. The van der Waals surface area contributed by atoms with Crippen LogP contribution in [0.1, 0.15) is 117 Å². The molecule has 1 fully saturated rings. The molecule has 0 aliphatic heterocycles. The maximum atomic E-state index is 12.6. The van der Waals surface area contributed by atoms with Gasteiger partial charge in [0.05, 0.1) is 0 Å². The Morgan fingerprint density at radius 3 is 1.92 bits per heavy atom. The normalized spacial score (nSPS) is 15.6. The number of carbonyl (C=O) groups excluding carboxylic acids is 1. The number of amides is 1. The number of nitrogens with zero attached hydrogens (tertiary/aromatic N) is 1. The van der Waals surface area contributed by atoms with Crippen molar-refractivity contribution in [2.24, 2.45) is 5.92 Å². The van der Waals surface area contributed by atoms with E-state index in [-0.39, 0.29) is 0 Å². The van der Waals surface area contributed by atoms with E-state index in [1.165, 1.54) is 89.9 Å². The third-order valence-electron chi connectivity index (χ3n) is 5.64. The Labute approximate surface area is 151 Å². The van der Waals surface area contributed by atoms with Crippen molar-refractivity contribution in [3.05, 3.63) is 0 Å². The van der Waals surface area contributed by atoms with Crippen molar-refractivity contribution in [2.45, 2.75) is 117 Å². The first-order valence-corrected chi connectivity index (χ1v) is 11.1. The monoisotopic (exact) mass is 337 g/mol. The summed E-state index contributed by atoms with van der Waals surface area (Å²) in [5.41, 5.74) is 0. The molecule has 0 heterocycles. The lowest BCUT2D eigenvalue weighted by Gasteiger charge is -2.24. The zero-order valence-corrected chi connectivity index (χ0v) is 16.7. The van der Waals surface area contributed by atoms with Gasteiger partial charge in [0, 0.05) is 19.5 Å². The van der Waals surface area contributed by atoms with Crippen molar-refractivity contribution >= 4 is 5.91 Å². The maximum Gasteiger partial charge on any atom is 0.222 e. The highest BCUT2D eigenvalue weighted by molar-refractivity contribution is 5.76. The summed E-state index contributed by atoms with van der Waals surface area (Å²) in [7, 11) is 0. The van der Waals surface area contributed by atoms with Gasteiger partial charge in [-0.1, -0.05) is 84.5 Å². The van der Waals surface area contributed by atoms with E-state index in [9.17, 15) is 4.79 Å². The third-order valence-corrected chi connectivity index (χ3v) is 5.64. The molecular formula is C22H43NO. The van der Waals surface area contributed by atoms with E-state index in [2.05, 4.69) is 18.7 Å². The fraction of sp³-hybridized carbons (Fsp3) is 0.955. The number of rotatable bonds is 14. The van der Waals surface area contributed by atoms with E-state index in [0.717, 1.165) is 31.8 Å². The molecule has 1 saturated carbocycles. The van der Waals surface area contributed by atoms with Gasteiger partial charge >= 0.3 is 0 Å². The Bertz CT molecular complexity index is 284. The first-order valence-electron chi connectivity index (χ1n) is 11.1. The fourth-order valence-electron chi connectivity index (χ4n) is 4.00. The molecule has 0 aromatic carbocycles. The van der Waals surface area contributed by atoms with Crippen LogP contribution in [0.25, 0.3) is 0 Å². The van der Waals surface area contributed by atoms with E-state index in [4.69, 9.17) is 0 Å². The summed E-state index contributed by atoms with van der Waals surface area (Å²) in [5.74, 6) is 1.34. The van der Waals surface area contributed by atoms with Crippen LogP contribution in [0.15, 0.2) is 0 Å². The van der Waals surface area contributed by atoms with Gasteiger partial charge < -0.3 is 4.90 Å². The minimum absolute atomic E-state index is 0.429. The summed E-state index contributed by atoms with van der Waals surface area (Å²) < 4.78 is 0. The lowest BCUT2D eigenvalue weighted by Crippen LogP contribution is -2.33. The van der Waals surface area contributed by atoms with Crippen LogP contribution in [0.5, 0.6) is 0 Å². The summed E-state index contributed by atoms with van der Waals surface area (Å²) in [6.07, 6.45) is 20.3. The Morgan fingerprint density at radius 2 is 1.38 bits per heavy atom. The lowest BCUT2D eigenvalue weighted by atomic mass is 9.86. The summed E-state index contributed by atoms with van der Waals surface area (Å²) >= 11 is 0. The number of unbranched alkanes of at least 4 members (excludes halogenated alkanes) is 6. The summed E-state index contributed by atoms with van der Waals surface area (Å²) in [4.78, 5) is 14.8. The van der Waals surface area contributed by atoms with Crippen molar-refractivity contribution in [1.82, 2.24) is 4.90 Å². The van der Waals surface area contributed by atoms with Gasteiger partial charge in [-0.3, -0.25) is 4.79 Å². The second-order valence-electron chi connectivity index (χ2n) is 7.90. The van der Waals surface area contributed by atoms with Crippen LogP contribution in [0.2, 0.25) is 0 Å². The Morgan fingerprint density at radius 1 is 0.792 bits per heavy atom. The van der Waals surface area contributed by atoms with Crippen LogP contribution < -0.4 is 0 Å². The number of hydrogen-bond acceptors (Lipinski definition) is 1. The molecule has 1 rings (SSSR count). The van der Waals surface area contributed by atoms with Gasteiger partial charge in [-0.2, -0.15) is 0 Å². The van der Waals surface area contributed by atoms with E-state index in [1.807, 2.05) is 0 Å². The highest BCUT2D eigenvalue weighted by Gasteiger charge is 2.16. The third kappa shape index (κ3) is 10.4. The molecule has 0 spiro atoms. The van der Waals surface area contributed by atoms with E-state index >= 15 is 0 Å². The first-order chi connectivity index (χ1) is 11.8. The predicted octanol–water partition coefficient (Wildman–Crippen LogP) is 6.73. The molecule has 2 nitrogen and oxygen atoms in total. The Kier molecular flexibility index (Phi) is 13.3. The average Bonchev–Trinajstić information content (AvgIpc) is 2.61. The molecule has 0 aromatic rings. The molecule has 0 unspecified atom stereocenters. The van der Waals surface area contributed by atoms with Gasteiger partial charge in [-0.05, 0) is 31.6 Å². The van der Waals surface area contributed by atoms with Crippen LogP contribution in [-0.4, -0.2) is 23.9 Å². The SMILES string of the molecule is CCCCCCN(CCCCCC)C(=O)CCCC1CCCCC1. The summed E-state index contributed by atoms with van der Waals surface area (Å²) in [6, 6.07) is 0. The topological polar surface area (TPSA) is 20.3 Å². The molecule has 1 aliphatic carbocycles. The molecular weight excluding hydrogens is 294 g/mol. The maximum absolute atomic E-state index is 12.6. The zero-order chi connectivity index (χ0) is 17.5. The van der Waals surface area contributed by atoms with Crippen molar-refractivity contribution in [3.63, 3.8) is 0 Å². The van der Waals surface area contributed by atoms with Crippen LogP contribution in [-0.2, 0) is 4.79 Å². The van der Waals surface area contributed by atoms with Crippen LogP contribution >= 0.6 is 0 Å². The van der Waals surface area contributed by atoms with Crippen LogP contribution in [0, 0.1) is 5.92 Å². The van der Waals surface area contributed by atoms with E-state index in [0.29, 0.717) is 5.91 Å². The minimum atomic E-state index is 0.429. The molecule has 0 bridgehead atoms. The summed E-state index contributed by atoms with van der Waals surface area (Å²) in [6.45, 7) is 6.49. The van der Waals surface area contributed by atoms with Crippen molar-refractivity contribution in [3.8, 4) is 0 Å². The smallest absolute Gasteiger partial charge is 0.222 e. The second-order valence-corrected chi connectivity index (χ2v) is 7.90. The zero-order valence-electron chi connectivity index (χ0n) is 16.7. The number of carbonyl (C=O) groups is 1. The fourth-order valence-corrected chi connectivity index (χ4v) is 4.00. The highest BCUT2D eigenvalue weighted by Crippen LogP contribution is 2.27. The van der Waals surface area contributed by atoms with Crippen LogP contribution in [0.4, 0.5) is 0 Å². The molecule has 0 N–H and O–H groups in total. The van der Waals surface area contributed by atoms with E-state index < -0.39 is 0 Å². The molecule has 0 atom stereocenters. The Balaban J connectivity index is 2.25. The van der Waals surface area contributed by atoms with Gasteiger partial charge in [-0.15, -0.1) is 0 Å². The molecule has 2 heteroatoms. The van der Waals surface area contributed by atoms with Crippen molar-refractivity contribution in [2.75, 3.05) is 13.1 Å². The molecule has 1 amide bonds. The average molecular weight is 338 g/mol. The highest BCUT2D eigenvalue weighted by atomic mass is 16.2. The van der Waals surface area contributed by atoms with Gasteiger partial charge in [-0.25, -0.2) is 0 Å². The predicted molar refractivity (Wildman–Crippen MR) is 105 cm³/mol. The summed E-state index contributed by atoms with van der Waals surface area (Å²) in [5, 5.41) is 0. The quantitative estimate of drug-likeness (QED) is 0.322. The van der Waals surface area contributed by atoms with Gasteiger partial charge in [0.1, 0.15) is 0 Å². The molecule has 1 aliphatic rings. The lowest BCUT2D eigenvalue weighted by molar-refractivity contribution is -0.131. The van der Waals surface area contributed by atoms with E-state index in [1.54, 1.807) is 0 Å². The van der Waals surface area contributed by atoms with Crippen molar-refractivity contribution in [1.29, 1.82) is 0 Å². The standard InChI is InChI=1S/C22H43NO/c1-3-5-7-12-19-23(20-13-8-6-4-2)22(24)18-14-17-21-15-10-9-11-16-21/h21H,3-20H2,1-2H3. The molecule has 0 aromatic heterocycles. The molecule has 0 saturated heterocycles. The molecule has 24 heavy (non-hydrogen) atoms.